The van der Waals surface area contributed by atoms with Gasteiger partial charge in [0.2, 0.25) is 5.91 Å². The maximum Gasteiger partial charge on any atom is 0.230 e. The molecule has 0 unspecified atom stereocenters. The number of rotatable bonds is 5. The van der Waals surface area contributed by atoms with Gasteiger partial charge in [-0.25, -0.2) is 0 Å². The third kappa shape index (κ3) is 4.81. The van der Waals surface area contributed by atoms with Crippen molar-refractivity contribution in [3.05, 3.63) is 77.5 Å². The SMILES string of the molecule is CCN(CC)C(=O)[C@@H]1C=C2c3cccc4[nH]cc(c34)C[C@H]2N(C)C1.c1ccc(CC2CCC2)cc1. The Labute approximate surface area is 210 Å². The van der Waals surface area contributed by atoms with Crippen molar-refractivity contribution in [2.45, 2.75) is 52.0 Å². The minimum Gasteiger partial charge on any atom is -0.361 e. The summed E-state index contributed by atoms with van der Waals surface area (Å²) in [6.45, 7) is 6.47. The van der Waals surface area contributed by atoms with E-state index in [9.17, 15) is 4.79 Å². The van der Waals surface area contributed by atoms with Gasteiger partial charge in [0.1, 0.15) is 0 Å². The average molecular weight is 470 g/mol. The van der Waals surface area contributed by atoms with E-state index in [-0.39, 0.29) is 11.8 Å². The van der Waals surface area contributed by atoms with Gasteiger partial charge >= 0.3 is 0 Å². The number of carbonyl (C=O) groups excluding carboxylic acids is 1. The van der Waals surface area contributed by atoms with E-state index in [4.69, 9.17) is 0 Å². The Morgan fingerprint density at radius 1 is 1.06 bits per heavy atom. The first-order chi connectivity index (χ1) is 17.1. The van der Waals surface area contributed by atoms with Crippen LogP contribution in [0.15, 0.2) is 60.8 Å². The van der Waals surface area contributed by atoms with E-state index in [2.05, 4.69) is 91.6 Å². The molecule has 1 aliphatic heterocycles. The number of aromatic amines is 1. The average Bonchev–Trinajstić information content (AvgIpc) is 3.28. The second-order valence-corrected chi connectivity index (χ2v) is 10.4. The fourth-order valence-electron chi connectivity index (χ4n) is 6.02. The lowest BCUT2D eigenvalue weighted by molar-refractivity contribution is -0.134. The Morgan fingerprint density at radius 2 is 1.83 bits per heavy atom. The fourth-order valence-corrected chi connectivity index (χ4v) is 6.02. The van der Waals surface area contributed by atoms with Crippen LogP contribution in [0.2, 0.25) is 0 Å². The van der Waals surface area contributed by atoms with Crippen molar-refractivity contribution in [3.63, 3.8) is 0 Å². The van der Waals surface area contributed by atoms with Gasteiger partial charge in [0.15, 0.2) is 0 Å². The molecule has 1 aromatic heterocycles. The molecule has 0 spiro atoms. The van der Waals surface area contributed by atoms with Gasteiger partial charge in [-0.05, 0) is 68.0 Å². The Kier molecular flexibility index (Phi) is 7.10. The van der Waals surface area contributed by atoms with Crippen LogP contribution in [0.3, 0.4) is 0 Å². The fraction of sp³-hybridized carbons (Fsp3) is 0.452. The summed E-state index contributed by atoms with van der Waals surface area (Å²) < 4.78 is 0. The van der Waals surface area contributed by atoms with Crippen molar-refractivity contribution in [2.24, 2.45) is 11.8 Å². The van der Waals surface area contributed by atoms with Crippen LogP contribution >= 0.6 is 0 Å². The lowest BCUT2D eigenvalue weighted by Crippen LogP contribution is -2.47. The summed E-state index contributed by atoms with van der Waals surface area (Å²) >= 11 is 0. The summed E-state index contributed by atoms with van der Waals surface area (Å²) in [4.78, 5) is 20.6. The van der Waals surface area contributed by atoms with Gasteiger partial charge in [0, 0.05) is 42.8 Å². The van der Waals surface area contributed by atoms with Gasteiger partial charge < -0.3 is 9.88 Å². The second-order valence-electron chi connectivity index (χ2n) is 10.4. The molecule has 3 aliphatic rings. The van der Waals surface area contributed by atoms with Crippen molar-refractivity contribution >= 4 is 22.4 Å². The van der Waals surface area contributed by atoms with Crippen LogP contribution in [0.4, 0.5) is 0 Å². The molecular formula is C31H39N3O. The molecule has 2 aliphatic carbocycles. The van der Waals surface area contributed by atoms with E-state index in [0.717, 1.165) is 32.0 Å². The lowest BCUT2D eigenvalue weighted by atomic mass is 9.79. The minimum absolute atomic E-state index is 0.0445. The zero-order valence-corrected chi connectivity index (χ0v) is 21.5. The molecular weight excluding hydrogens is 430 g/mol. The molecule has 4 nitrogen and oxygen atoms in total. The van der Waals surface area contributed by atoms with Gasteiger partial charge in [-0.2, -0.15) is 0 Å². The van der Waals surface area contributed by atoms with Crippen molar-refractivity contribution in [1.29, 1.82) is 0 Å². The number of hydrogen-bond donors (Lipinski definition) is 1. The number of nitrogens with one attached hydrogen (secondary N) is 1. The number of aromatic nitrogens is 1. The zero-order valence-electron chi connectivity index (χ0n) is 21.5. The molecule has 4 heteroatoms. The summed E-state index contributed by atoms with van der Waals surface area (Å²) in [7, 11) is 2.15. The Morgan fingerprint density at radius 3 is 2.51 bits per heavy atom. The topological polar surface area (TPSA) is 39.3 Å². The van der Waals surface area contributed by atoms with Crippen LogP contribution in [0.1, 0.15) is 49.8 Å². The monoisotopic (exact) mass is 469 g/mol. The third-order valence-corrected chi connectivity index (χ3v) is 8.25. The molecule has 1 saturated carbocycles. The second kappa shape index (κ2) is 10.4. The maximum absolute atomic E-state index is 12.9. The first-order valence-electron chi connectivity index (χ1n) is 13.4. The minimum atomic E-state index is -0.0445. The van der Waals surface area contributed by atoms with E-state index in [0.29, 0.717) is 6.04 Å². The molecule has 2 heterocycles. The molecule has 1 amide bonds. The number of carbonyl (C=O) groups is 1. The van der Waals surface area contributed by atoms with Crippen LogP contribution < -0.4 is 0 Å². The molecule has 1 fully saturated rings. The highest BCUT2D eigenvalue weighted by Crippen LogP contribution is 2.41. The third-order valence-electron chi connectivity index (χ3n) is 8.25. The Balaban J connectivity index is 0.000000192. The van der Waals surface area contributed by atoms with E-state index in [1.807, 2.05) is 4.90 Å². The molecule has 35 heavy (non-hydrogen) atoms. The molecule has 184 valence electrons. The predicted octanol–water partition coefficient (Wildman–Crippen LogP) is 5.94. The van der Waals surface area contributed by atoms with Crippen LogP contribution in [-0.4, -0.2) is 53.4 Å². The first-order valence-corrected chi connectivity index (χ1v) is 13.4. The van der Waals surface area contributed by atoms with Crippen LogP contribution in [0.5, 0.6) is 0 Å². The van der Waals surface area contributed by atoms with Crippen LogP contribution in [-0.2, 0) is 17.6 Å². The van der Waals surface area contributed by atoms with E-state index >= 15 is 0 Å². The standard InChI is InChI=1S/C20H25N3O.C11H14/c1-4-23(5-2)20(24)14-9-16-15-7-6-8-17-19(15)13(11-21-17)10-18(16)22(3)12-14;1-2-5-10(6-3-1)9-11-7-4-8-11/h6-9,11,14,18,21H,4-5,10,12H2,1-3H3;1-3,5-6,11H,4,7-9H2/t14-,18-;/m1./s1. The number of fused-ring (bicyclic) bond motifs is 2. The number of hydrogen-bond acceptors (Lipinski definition) is 2. The number of H-pyrrole nitrogens is 1. The highest BCUT2D eigenvalue weighted by molar-refractivity contribution is 5.99. The number of nitrogens with zero attached hydrogens (tertiary/aromatic N) is 2. The van der Waals surface area contributed by atoms with E-state index in [1.165, 1.54) is 58.8 Å². The summed E-state index contributed by atoms with van der Waals surface area (Å²) in [6.07, 6.45) is 11.1. The number of likely N-dealkylation sites (N-methyl/N-ethyl adjacent to an activating group) is 1. The Bertz CT molecular complexity index is 1190. The van der Waals surface area contributed by atoms with Gasteiger partial charge in [0.05, 0.1) is 5.92 Å². The molecule has 0 radical (unpaired) electrons. The smallest absolute Gasteiger partial charge is 0.230 e. The van der Waals surface area contributed by atoms with Crippen molar-refractivity contribution in [3.8, 4) is 0 Å². The molecule has 2 atom stereocenters. The van der Waals surface area contributed by atoms with E-state index < -0.39 is 0 Å². The van der Waals surface area contributed by atoms with Crippen LogP contribution in [0, 0.1) is 11.8 Å². The van der Waals surface area contributed by atoms with Crippen molar-refractivity contribution in [1.82, 2.24) is 14.8 Å². The van der Waals surface area contributed by atoms with Crippen molar-refractivity contribution in [2.75, 3.05) is 26.7 Å². The van der Waals surface area contributed by atoms with Gasteiger partial charge in [-0.15, -0.1) is 0 Å². The van der Waals surface area contributed by atoms with Crippen molar-refractivity contribution < 1.29 is 4.79 Å². The molecule has 6 rings (SSSR count). The lowest BCUT2D eigenvalue weighted by Gasteiger charge is -2.40. The van der Waals surface area contributed by atoms with Gasteiger partial charge in [-0.1, -0.05) is 67.8 Å². The normalized spacial score (nSPS) is 21.4. The van der Waals surface area contributed by atoms with Crippen LogP contribution in [0.25, 0.3) is 16.5 Å². The highest BCUT2D eigenvalue weighted by atomic mass is 16.2. The first kappa shape index (κ1) is 23.9. The van der Waals surface area contributed by atoms with Gasteiger partial charge in [0.25, 0.3) is 0 Å². The summed E-state index contributed by atoms with van der Waals surface area (Å²) in [5.41, 5.74) is 6.72. The number of benzene rings is 2. The summed E-state index contributed by atoms with van der Waals surface area (Å²) in [5, 5.41) is 1.34. The summed E-state index contributed by atoms with van der Waals surface area (Å²) in [5.74, 6) is 1.21. The molecule has 1 N–H and O–H groups in total. The molecule has 3 aromatic rings. The van der Waals surface area contributed by atoms with E-state index in [1.54, 1.807) is 0 Å². The Hall–Kier alpha value is -2.85. The highest BCUT2D eigenvalue weighted by Gasteiger charge is 2.36. The molecule has 0 bridgehead atoms. The largest absolute Gasteiger partial charge is 0.361 e. The number of amides is 1. The maximum atomic E-state index is 12.9. The summed E-state index contributed by atoms with van der Waals surface area (Å²) in [6, 6.07) is 17.6. The molecule has 2 aromatic carbocycles. The quantitative estimate of drug-likeness (QED) is 0.503. The zero-order chi connectivity index (χ0) is 24.4. The van der Waals surface area contributed by atoms with Gasteiger partial charge in [-0.3, -0.25) is 9.69 Å². The molecule has 0 saturated heterocycles. The predicted molar refractivity (Wildman–Crippen MR) is 145 cm³/mol.